The van der Waals surface area contributed by atoms with E-state index in [2.05, 4.69) is 23.2 Å². The SMILES string of the molecule is CC(C)[C@H]1C(C#N)=C(N)Oc2nc(SCc3ccccc3)nc(OCc3ccccc3)c21. The summed E-state index contributed by atoms with van der Waals surface area (Å²) < 4.78 is 12.0. The molecule has 1 atom stereocenters. The van der Waals surface area contributed by atoms with Gasteiger partial charge in [-0.1, -0.05) is 86.3 Å². The van der Waals surface area contributed by atoms with Crippen molar-refractivity contribution in [1.82, 2.24) is 9.97 Å². The molecule has 0 aliphatic carbocycles. The minimum atomic E-state index is -0.303. The first-order chi connectivity index (χ1) is 15.6. The summed E-state index contributed by atoms with van der Waals surface area (Å²) in [5.74, 6) is 1.35. The topological polar surface area (TPSA) is 94.1 Å². The van der Waals surface area contributed by atoms with Gasteiger partial charge < -0.3 is 15.2 Å². The van der Waals surface area contributed by atoms with E-state index in [0.717, 1.165) is 11.1 Å². The maximum atomic E-state index is 9.72. The number of allylic oxidation sites excluding steroid dienone is 1. The number of aromatic nitrogens is 2. The Morgan fingerprint density at radius 1 is 1.06 bits per heavy atom. The van der Waals surface area contributed by atoms with Crippen LogP contribution in [0.4, 0.5) is 0 Å². The van der Waals surface area contributed by atoms with Crippen molar-refractivity contribution in [2.45, 2.75) is 37.3 Å². The van der Waals surface area contributed by atoms with Crippen molar-refractivity contribution in [2.75, 3.05) is 0 Å². The Balaban J connectivity index is 1.71. The largest absolute Gasteiger partial charge is 0.472 e. The zero-order chi connectivity index (χ0) is 22.5. The van der Waals surface area contributed by atoms with Crippen LogP contribution in [-0.2, 0) is 12.4 Å². The number of nitrogens with two attached hydrogens (primary N) is 1. The summed E-state index contributed by atoms with van der Waals surface area (Å²) in [7, 11) is 0. The van der Waals surface area contributed by atoms with E-state index in [1.807, 2.05) is 62.4 Å². The van der Waals surface area contributed by atoms with Crippen molar-refractivity contribution < 1.29 is 9.47 Å². The van der Waals surface area contributed by atoms with Crippen LogP contribution in [0.3, 0.4) is 0 Å². The van der Waals surface area contributed by atoms with Gasteiger partial charge in [-0.15, -0.1) is 0 Å². The zero-order valence-electron chi connectivity index (χ0n) is 18.0. The van der Waals surface area contributed by atoms with E-state index in [1.54, 1.807) is 0 Å². The molecule has 7 heteroatoms. The van der Waals surface area contributed by atoms with Gasteiger partial charge in [0.1, 0.15) is 12.7 Å². The van der Waals surface area contributed by atoms with Crippen LogP contribution in [-0.4, -0.2) is 9.97 Å². The molecule has 3 aromatic rings. The first-order valence-corrected chi connectivity index (χ1v) is 11.4. The lowest BCUT2D eigenvalue weighted by atomic mass is 9.82. The summed E-state index contributed by atoms with van der Waals surface area (Å²) in [5, 5.41) is 10.3. The molecule has 1 aromatic heterocycles. The summed E-state index contributed by atoms with van der Waals surface area (Å²) in [5.41, 5.74) is 9.33. The molecular formula is C25H24N4O2S. The molecule has 6 nitrogen and oxygen atoms in total. The maximum Gasteiger partial charge on any atom is 0.233 e. The van der Waals surface area contributed by atoms with Crippen molar-refractivity contribution in [3.63, 3.8) is 0 Å². The maximum absolute atomic E-state index is 9.72. The van der Waals surface area contributed by atoms with Gasteiger partial charge in [0, 0.05) is 11.7 Å². The third-order valence-corrected chi connectivity index (χ3v) is 6.08. The molecule has 2 N–H and O–H groups in total. The molecule has 0 bridgehead atoms. The van der Waals surface area contributed by atoms with Gasteiger partial charge in [0.25, 0.3) is 0 Å². The molecule has 1 aliphatic rings. The van der Waals surface area contributed by atoms with Gasteiger partial charge in [0.15, 0.2) is 5.16 Å². The lowest BCUT2D eigenvalue weighted by molar-refractivity contribution is 0.271. The van der Waals surface area contributed by atoms with Crippen LogP contribution in [0.25, 0.3) is 0 Å². The average molecular weight is 445 g/mol. The number of fused-ring (bicyclic) bond motifs is 1. The molecule has 0 saturated heterocycles. The molecule has 4 rings (SSSR count). The molecule has 1 aliphatic heterocycles. The number of benzene rings is 2. The van der Waals surface area contributed by atoms with Crippen molar-refractivity contribution in [1.29, 1.82) is 5.26 Å². The number of rotatable bonds is 7. The van der Waals surface area contributed by atoms with E-state index in [-0.39, 0.29) is 17.7 Å². The number of hydrogen-bond acceptors (Lipinski definition) is 7. The molecule has 0 saturated carbocycles. The van der Waals surface area contributed by atoms with Gasteiger partial charge >= 0.3 is 0 Å². The fourth-order valence-electron chi connectivity index (χ4n) is 3.63. The Morgan fingerprint density at radius 2 is 1.72 bits per heavy atom. The minimum absolute atomic E-state index is 0.0800. The minimum Gasteiger partial charge on any atom is -0.472 e. The molecule has 0 fully saturated rings. The van der Waals surface area contributed by atoms with E-state index in [1.165, 1.54) is 11.8 Å². The predicted octanol–water partition coefficient (Wildman–Crippen LogP) is 5.17. The Kier molecular flexibility index (Phi) is 6.62. The molecule has 2 aromatic carbocycles. The summed E-state index contributed by atoms with van der Waals surface area (Å²) in [6.45, 7) is 4.41. The lowest BCUT2D eigenvalue weighted by Gasteiger charge is -2.29. The zero-order valence-corrected chi connectivity index (χ0v) is 18.8. The Hall–Kier alpha value is -3.50. The second-order valence-electron chi connectivity index (χ2n) is 7.79. The highest BCUT2D eigenvalue weighted by Gasteiger charge is 2.36. The first kappa shape index (κ1) is 21.7. The molecule has 0 amide bonds. The Morgan fingerprint density at radius 3 is 2.34 bits per heavy atom. The van der Waals surface area contributed by atoms with Crippen LogP contribution in [0.1, 0.15) is 36.5 Å². The van der Waals surface area contributed by atoms with Crippen molar-refractivity contribution in [3.8, 4) is 17.8 Å². The molecule has 0 spiro atoms. The average Bonchev–Trinajstić information content (AvgIpc) is 2.81. The second kappa shape index (κ2) is 9.75. The van der Waals surface area contributed by atoms with Crippen LogP contribution in [0.15, 0.2) is 77.3 Å². The smallest absolute Gasteiger partial charge is 0.233 e. The second-order valence-corrected chi connectivity index (χ2v) is 8.73. The third-order valence-electron chi connectivity index (χ3n) is 5.17. The van der Waals surface area contributed by atoms with Gasteiger partial charge in [0.05, 0.1) is 11.1 Å². The highest BCUT2D eigenvalue weighted by molar-refractivity contribution is 7.98. The molecule has 162 valence electrons. The number of nitrogens with zero attached hydrogens (tertiary/aromatic N) is 3. The summed E-state index contributed by atoms with van der Waals surface area (Å²) >= 11 is 1.50. The molecule has 32 heavy (non-hydrogen) atoms. The highest BCUT2D eigenvalue weighted by atomic mass is 32.2. The number of nitriles is 1. The Bertz CT molecular complexity index is 1160. The third kappa shape index (κ3) is 4.71. The van der Waals surface area contributed by atoms with Gasteiger partial charge in [-0.3, -0.25) is 0 Å². The molecule has 0 radical (unpaired) electrons. The monoisotopic (exact) mass is 444 g/mol. The van der Waals surface area contributed by atoms with Gasteiger partial charge in [-0.2, -0.15) is 15.2 Å². The standard InChI is InChI=1S/C25H24N4O2S/c1-16(2)20-19(13-26)22(27)31-24-21(20)23(30-14-17-9-5-3-6-10-17)28-25(29-24)32-15-18-11-7-4-8-12-18/h3-12,16,20H,14-15,27H2,1-2H3/t20-/m0/s1. The van der Waals surface area contributed by atoms with Crippen LogP contribution in [0, 0.1) is 17.2 Å². The normalized spacial score (nSPS) is 15.1. The quantitative estimate of drug-likeness (QED) is 0.397. The van der Waals surface area contributed by atoms with Crippen molar-refractivity contribution in [2.24, 2.45) is 11.7 Å². The van der Waals surface area contributed by atoms with Crippen LogP contribution < -0.4 is 15.2 Å². The molecule has 2 heterocycles. The fraction of sp³-hybridized carbons (Fsp3) is 0.240. The van der Waals surface area contributed by atoms with Crippen molar-refractivity contribution >= 4 is 11.8 Å². The van der Waals surface area contributed by atoms with Gasteiger partial charge in [-0.05, 0) is 17.0 Å². The molecular weight excluding hydrogens is 420 g/mol. The fourth-order valence-corrected chi connectivity index (χ4v) is 4.41. The van der Waals surface area contributed by atoms with Crippen LogP contribution >= 0.6 is 11.8 Å². The van der Waals surface area contributed by atoms with E-state index in [4.69, 9.17) is 20.2 Å². The van der Waals surface area contributed by atoms with E-state index >= 15 is 0 Å². The van der Waals surface area contributed by atoms with Gasteiger partial charge in [-0.25, -0.2) is 0 Å². The summed E-state index contributed by atoms with van der Waals surface area (Å²) in [4.78, 5) is 9.34. The summed E-state index contributed by atoms with van der Waals surface area (Å²) in [6.07, 6.45) is 0. The highest BCUT2D eigenvalue weighted by Crippen LogP contribution is 2.46. The van der Waals surface area contributed by atoms with Crippen molar-refractivity contribution in [3.05, 3.63) is 88.8 Å². The van der Waals surface area contributed by atoms with Crippen LogP contribution in [0.2, 0.25) is 0 Å². The Labute approximate surface area is 192 Å². The van der Waals surface area contributed by atoms with Crippen LogP contribution in [0.5, 0.6) is 11.8 Å². The number of hydrogen-bond donors (Lipinski definition) is 1. The molecule has 0 unspecified atom stereocenters. The van der Waals surface area contributed by atoms with E-state index < -0.39 is 0 Å². The first-order valence-electron chi connectivity index (χ1n) is 10.4. The van der Waals surface area contributed by atoms with Gasteiger partial charge in [0.2, 0.25) is 17.6 Å². The predicted molar refractivity (Wildman–Crippen MR) is 124 cm³/mol. The lowest BCUT2D eigenvalue weighted by Crippen LogP contribution is -2.25. The summed E-state index contributed by atoms with van der Waals surface area (Å²) in [6, 6.07) is 22.2. The number of thioether (sulfide) groups is 1. The number of ether oxygens (including phenoxy) is 2. The van der Waals surface area contributed by atoms with E-state index in [0.29, 0.717) is 40.4 Å². The van der Waals surface area contributed by atoms with E-state index in [9.17, 15) is 5.26 Å².